The second kappa shape index (κ2) is 2.34. The van der Waals surface area contributed by atoms with Crippen molar-refractivity contribution in [2.24, 2.45) is 5.18 Å². The summed E-state index contributed by atoms with van der Waals surface area (Å²) in [7, 11) is 0. The molecule has 0 fully saturated rings. The molecule has 1 aromatic rings. The monoisotopic (exact) mass is 137 g/mol. The first-order valence-electron chi connectivity index (χ1n) is 2.72. The van der Waals surface area contributed by atoms with Crippen LogP contribution >= 0.6 is 0 Å². The third kappa shape index (κ3) is 1.22. The average molecular weight is 137 g/mol. The van der Waals surface area contributed by atoms with E-state index in [-0.39, 0.29) is 5.69 Å². The lowest BCUT2D eigenvalue weighted by Crippen LogP contribution is -1.88. The molecule has 0 amide bonds. The van der Waals surface area contributed by atoms with Crippen LogP contribution in [0.15, 0.2) is 23.4 Å². The van der Waals surface area contributed by atoms with E-state index in [1.165, 1.54) is 12.1 Å². The Morgan fingerprint density at radius 1 is 1.10 bits per heavy atom. The van der Waals surface area contributed by atoms with Gasteiger partial charge < -0.3 is 11.5 Å². The van der Waals surface area contributed by atoms with Gasteiger partial charge in [-0.1, -0.05) is 0 Å². The fourth-order valence-electron chi connectivity index (χ4n) is 0.712. The molecule has 4 heteroatoms. The highest BCUT2D eigenvalue weighted by Gasteiger charge is 1.93. The van der Waals surface area contributed by atoms with Gasteiger partial charge in [-0.25, -0.2) is 0 Å². The molecular formula is C6H7N3O. The molecular weight excluding hydrogens is 130 g/mol. The van der Waals surface area contributed by atoms with E-state index in [1.54, 1.807) is 6.07 Å². The number of nitrogen functional groups attached to an aromatic ring is 2. The molecule has 0 saturated heterocycles. The molecule has 0 spiro atoms. The molecule has 0 aromatic heterocycles. The van der Waals surface area contributed by atoms with Gasteiger partial charge in [-0.15, -0.1) is 4.91 Å². The number of hydrogen-bond donors (Lipinski definition) is 2. The Kier molecular flexibility index (Phi) is 1.53. The van der Waals surface area contributed by atoms with Crippen molar-refractivity contribution >= 4 is 17.1 Å². The number of nitrogens with two attached hydrogens (primary N) is 2. The van der Waals surface area contributed by atoms with Crippen molar-refractivity contribution in [3.63, 3.8) is 0 Å². The van der Waals surface area contributed by atoms with Gasteiger partial charge in [0.1, 0.15) is 5.69 Å². The van der Waals surface area contributed by atoms with Crippen molar-refractivity contribution < 1.29 is 0 Å². The van der Waals surface area contributed by atoms with Crippen LogP contribution < -0.4 is 11.5 Å². The Labute approximate surface area is 57.8 Å². The molecule has 0 saturated carbocycles. The molecule has 0 aliphatic rings. The normalized spacial score (nSPS) is 9.20. The Morgan fingerprint density at radius 3 is 2.00 bits per heavy atom. The van der Waals surface area contributed by atoms with Gasteiger partial charge in [-0.05, 0) is 23.4 Å². The molecule has 0 aliphatic heterocycles. The lowest BCUT2D eigenvalue weighted by atomic mass is 10.2. The minimum absolute atomic E-state index is 0.262. The minimum Gasteiger partial charge on any atom is -0.399 e. The number of benzene rings is 1. The van der Waals surface area contributed by atoms with E-state index in [4.69, 9.17) is 11.5 Å². The molecule has 0 bridgehead atoms. The van der Waals surface area contributed by atoms with Gasteiger partial charge in [0.05, 0.1) is 0 Å². The quantitative estimate of drug-likeness (QED) is 0.451. The predicted molar refractivity (Wildman–Crippen MR) is 40.7 cm³/mol. The van der Waals surface area contributed by atoms with Crippen LogP contribution in [0, 0.1) is 4.91 Å². The van der Waals surface area contributed by atoms with Crippen molar-refractivity contribution in [2.75, 3.05) is 11.5 Å². The van der Waals surface area contributed by atoms with E-state index < -0.39 is 0 Å². The van der Waals surface area contributed by atoms with Crippen LogP contribution in [0.4, 0.5) is 17.1 Å². The van der Waals surface area contributed by atoms with E-state index in [1.807, 2.05) is 0 Å². The molecule has 52 valence electrons. The summed E-state index contributed by atoms with van der Waals surface area (Å²) in [6.45, 7) is 0. The standard InChI is InChI=1S/C6H7N3O/c7-4-1-5(8)3-6(2-4)9-10/h1-3H,7-8H2. The Hall–Kier alpha value is -1.58. The summed E-state index contributed by atoms with van der Waals surface area (Å²) >= 11 is 0. The van der Waals surface area contributed by atoms with Crippen molar-refractivity contribution in [3.05, 3.63) is 23.1 Å². The summed E-state index contributed by atoms with van der Waals surface area (Å²) in [6, 6.07) is 4.49. The maximum absolute atomic E-state index is 9.95. The van der Waals surface area contributed by atoms with Crippen molar-refractivity contribution in [1.82, 2.24) is 0 Å². The summed E-state index contributed by atoms with van der Waals surface area (Å²) in [5.41, 5.74) is 11.9. The highest BCUT2D eigenvalue weighted by molar-refractivity contribution is 5.61. The second-order valence-corrected chi connectivity index (χ2v) is 1.95. The van der Waals surface area contributed by atoms with E-state index >= 15 is 0 Å². The number of nitrogens with zero attached hydrogens (tertiary/aromatic N) is 1. The van der Waals surface area contributed by atoms with Crippen molar-refractivity contribution in [2.45, 2.75) is 0 Å². The summed E-state index contributed by atoms with van der Waals surface area (Å²) in [5, 5.41) is 2.68. The van der Waals surface area contributed by atoms with Gasteiger partial charge in [-0.3, -0.25) is 0 Å². The van der Waals surface area contributed by atoms with E-state index in [0.717, 1.165) is 0 Å². The fraction of sp³-hybridized carbons (Fsp3) is 0. The van der Waals surface area contributed by atoms with Gasteiger partial charge in [0.15, 0.2) is 0 Å². The number of anilines is 2. The topological polar surface area (TPSA) is 81.5 Å². The van der Waals surface area contributed by atoms with E-state index in [0.29, 0.717) is 11.4 Å². The molecule has 1 aromatic carbocycles. The number of hydrogen-bond acceptors (Lipinski definition) is 4. The third-order valence-corrected chi connectivity index (χ3v) is 1.07. The zero-order valence-electron chi connectivity index (χ0n) is 5.24. The van der Waals surface area contributed by atoms with Crippen LogP contribution in [0.1, 0.15) is 0 Å². The maximum Gasteiger partial charge on any atom is 0.112 e. The molecule has 0 atom stereocenters. The Balaban J connectivity index is 3.18. The van der Waals surface area contributed by atoms with Crippen LogP contribution in [0.5, 0.6) is 0 Å². The van der Waals surface area contributed by atoms with Crippen LogP contribution in [0.25, 0.3) is 0 Å². The first-order chi connectivity index (χ1) is 4.72. The predicted octanol–water partition coefficient (Wildman–Crippen LogP) is 1.25. The minimum atomic E-state index is 0.262. The molecule has 0 heterocycles. The summed E-state index contributed by atoms with van der Waals surface area (Å²) in [5.74, 6) is 0. The summed E-state index contributed by atoms with van der Waals surface area (Å²) in [6.07, 6.45) is 0. The maximum atomic E-state index is 9.95. The van der Waals surface area contributed by atoms with Crippen LogP contribution in [0.2, 0.25) is 0 Å². The van der Waals surface area contributed by atoms with Gasteiger partial charge >= 0.3 is 0 Å². The first kappa shape index (κ1) is 6.54. The molecule has 10 heavy (non-hydrogen) atoms. The molecule has 0 aliphatic carbocycles. The zero-order chi connectivity index (χ0) is 7.56. The molecule has 4 nitrogen and oxygen atoms in total. The molecule has 0 radical (unpaired) electrons. The fourth-order valence-corrected chi connectivity index (χ4v) is 0.712. The van der Waals surface area contributed by atoms with Crippen LogP contribution in [0.3, 0.4) is 0 Å². The highest BCUT2D eigenvalue weighted by atomic mass is 16.3. The van der Waals surface area contributed by atoms with Crippen molar-refractivity contribution in [1.29, 1.82) is 0 Å². The average Bonchev–Trinajstić information content (AvgIpc) is 1.85. The van der Waals surface area contributed by atoms with Crippen LogP contribution in [-0.4, -0.2) is 0 Å². The molecule has 4 N–H and O–H groups in total. The van der Waals surface area contributed by atoms with E-state index in [2.05, 4.69) is 5.18 Å². The largest absolute Gasteiger partial charge is 0.399 e. The number of nitroso groups, excluding NO2 is 1. The van der Waals surface area contributed by atoms with Gasteiger partial charge in [0.25, 0.3) is 0 Å². The summed E-state index contributed by atoms with van der Waals surface area (Å²) in [4.78, 5) is 9.95. The molecule has 0 unspecified atom stereocenters. The van der Waals surface area contributed by atoms with Gasteiger partial charge in [0, 0.05) is 11.4 Å². The molecule has 1 rings (SSSR count). The lowest BCUT2D eigenvalue weighted by molar-refractivity contribution is 1.50. The first-order valence-corrected chi connectivity index (χ1v) is 2.72. The van der Waals surface area contributed by atoms with Gasteiger partial charge in [-0.2, -0.15) is 0 Å². The van der Waals surface area contributed by atoms with E-state index in [9.17, 15) is 4.91 Å². The van der Waals surface area contributed by atoms with Crippen LogP contribution in [-0.2, 0) is 0 Å². The zero-order valence-corrected chi connectivity index (χ0v) is 5.24. The Bertz CT molecular complexity index is 239. The Morgan fingerprint density at radius 2 is 1.60 bits per heavy atom. The lowest BCUT2D eigenvalue weighted by Gasteiger charge is -1.95. The third-order valence-electron chi connectivity index (χ3n) is 1.07. The summed E-state index contributed by atoms with van der Waals surface area (Å²) < 4.78 is 0. The highest BCUT2D eigenvalue weighted by Crippen LogP contribution is 2.19. The number of rotatable bonds is 1. The smallest absolute Gasteiger partial charge is 0.112 e. The SMILES string of the molecule is Nc1cc(N)cc(N=O)c1. The van der Waals surface area contributed by atoms with Crippen molar-refractivity contribution in [3.8, 4) is 0 Å². The van der Waals surface area contributed by atoms with Gasteiger partial charge in [0.2, 0.25) is 0 Å². The second-order valence-electron chi connectivity index (χ2n) is 1.95.